The van der Waals surface area contributed by atoms with Gasteiger partial charge in [0.15, 0.2) is 0 Å². The van der Waals surface area contributed by atoms with Crippen molar-refractivity contribution >= 4 is 45.1 Å². The van der Waals surface area contributed by atoms with Crippen molar-refractivity contribution in [1.29, 1.82) is 0 Å². The average Bonchev–Trinajstić information content (AvgIpc) is 3.37. The molecule has 0 saturated carbocycles. The van der Waals surface area contributed by atoms with Gasteiger partial charge in [-0.1, -0.05) is 39.7 Å². The third kappa shape index (κ3) is 7.54. The number of hydrogen-bond donors (Lipinski definition) is 1. The zero-order valence-electron chi connectivity index (χ0n) is 22.9. The molecule has 1 heterocycles. The molecule has 0 saturated heterocycles. The number of rotatable bonds is 12. The monoisotopic (exact) mass is 654 g/mol. The first-order valence-corrected chi connectivity index (χ1v) is 14.2. The van der Waals surface area contributed by atoms with Gasteiger partial charge in [0.05, 0.1) is 34.7 Å². The van der Waals surface area contributed by atoms with Crippen molar-refractivity contribution in [1.82, 2.24) is 14.7 Å². The minimum absolute atomic E-state index is 0.131. The summed E-state index contributed by atoms with van der Waals surface area (Å²) in [5.41, 5.74) is 3.66. The van der Waals surface area contributed by atoms with Gasteiger partial charge in [-0.05, 0) is 79.8 Å². The number of hydrogen-bond acceptors (Lipinski definition) is 6. The molecule has 0 fully saturated rings. The third-order valence-corrected chi connectivity index (χ3v) is 7.64. The van der Waals surface area contributed by atoms with Crippen LogP contribution in [0.5, 0.6) is 5.75 Å². The molecule has 42 heavy (non-hydrogen) atoms. The van der Waals surface area contributed by atoms with E-state index in [4.69, 9.17) is 16.3 Å². The number of carboxylic acids is 1. The molecule has 10 nitrogen and oxygen atoms in total. The highest BCUT2D eigenvalue weighted by atomic mass is 79.9. The number of carboxylic acid groups (broad SMARTS) is 1. The molecule has 218 valence electrons. The molecule has 0 aliphatic carbocycles. The molecule has 3 aromatic carbocycles. The van der Waals surface area contributed by atoms with Crippen LogP contribution in [-0.4, -0.2) is 49.7 Å². The van der Waals surface area contributed by atoms with Crippen LogP contribution in [0.25, 0.3) is 5.69 Å². The van der Waals surface area contributed by atoms with Gasteiger partial charge in [-0.2, -0.15) is 5.10 Å². The van der Waals surface area contributed by atoms with Crippen molar-refractivity contribution in [3.63, 3.8) is 0 Å². The summed E-state index contributed by atoms with van der Waals surface area (Å²) in [5, 5.41) is 26.0. The Kier molecular flexibility index (Phi) is 9.97. The number of ether oxygens (including phenoxy) is 1. The lowest BCUT2D eigenvalue weighted by Crippen LogP contribution is -2.35. The summed E-state index contributed by atoms with van der Waals surface area (Å²) in [6.07, 6.45) is 2.36. The summed E-state index contributed by atoms with van der Waals surface area (Å²) >= 11 is 9.70. The van der Waals surface area contributed by atoms with Crippen molar-refractivity contribution < 1.29 is 24.4 Å². The fourth-order valence-corrected chi connectivity index (χ4v) is 4.91. The molecule has 0 radical (unpaired) electrons. The smallest absolute Gasteiger partial charge is 0.323 e. The van der Waals surface area contributed by atoms with E-state index in [2.05, 4.69) is 21.0 Å². The van der Waals surface area contributed by atoms with Crippen LogP contribution in [0.1, 0.15) is 39.2 Å². The Balaban J connectivity index is 1.61. The van der Waals surface area contributed by atoms with Gasteiger partial charge in [0.2, 0.25) is 0 Å². The average molecular weight is 656 g/mol. The maximum absolute atomic E-state index is 13.8. The van der Waals surface area contributed by atoms with Crippen molar-refractivity contribution in [3.05, 3.63) is 114 Å². The maximum Gasteiger partial charge on any atom is 0.323 e. The first-order chi connectivity index (χ1) is 20.0. The highest BCUT2D eigenvalue weighted by Crippen LogP contribution is 2.27. The van der Waals surface area contributed by atoms with Crippen molar-refractivity contribution in [2.24, 2.45) is 0 Å². The van der Waals surface area contributed by atoms with Crippen LogP contribution in [0.4, 0.5) is 5.69 Å². The van der Waals surface area contributed by atoms with Crippen LogP contribution in [0, 0.1) is 24.0 Å². The number of carbonyl (C=O) groups is 2. The molecule has 0 unspecified atom stereocenters. The molecule has 0 aliphatic heterocycles. The molecule has 0 bridgehead atoms. The molecule has 0 aliphatic rings. The summed E-state index contributed by atoms with van der Waals surface area (Å²) < 4.78 is 8.50. The van der Waals surface area contributed by atoms with E-state index >= 15 is 0 Å². The van der Waals surface area contributed by atoms with Crippen LogP contribution in [0.3, 0.4) is 0 Å². The SMILES string of the molecule is Cc1cc(OCCCc2c(C(=O)N(CC(=O)O)Cc3cccc([N+](=O)[O-])c3)cnn2-c2ccc(Br)cc2)cc(C)c1Cl. The molecular formula is C30H28BrClN4O6. The fourth-order valence-electron chi connectivity index (χ4n) is 4.54. The lowest BCUT2D eigenvalue weighted by molar-refractivity contribution is -0.384. The summed E-state index contributed by atoms with van der Waals surface area (Å²) in [6.45, 7) is 3.45. The quantitative estimate of drug-likeness (QED) is 0.104. The number of non-ortho nitro benzene ring substituents is 1. The molecule has 0 spiro atoms. The minimum Gasteiger partial charge on any atom is -0.494 e. The predicted octanol–water partition coefficient (Wildman–Crippen LogP) is 6.55. The Labute approximate surface area is 255 Å². The Morgan fingerprint density at radius 1 is 1.12 bits per heavy atom. The minimum atomic E-state index is -1.21. The Morgan fingerprint density at radius 2 is 1.81 bits per heavy atom. The summed E-state index contributed by atoms with van der Waals surface area (Å²) in [4.78, 5) is 37.4. The number of halogens is 2. The molecular weight excluding hydrogens is 628 g/mol. The zero-order chi connectivity index (χ0) is 30.4. The number of aromatic nitrogens is 2. The Bertz CT molecular complexity index is 1600. The number of aryl methyl sites for hydroxylation is 2. The topological polar surface area (TPSA) is 128 Å². The second kappa shape index (κ2) is 13.6. The van der Waals surface area contributed by atoms with E-state index in [1.54, 1.807) is 10.7 Å². The van der Waals surface area contributed by atoms with Crippen LogP contribution < -0.4 is 4.74 Å². The molecule has 1 amide bonds. The van der Waals surface area contributed by atoms with E-state index in [1.807, 2.05) is 50.2 Å². The molecule has 1 aromatic heterocycles. The predicted molar refractivity (Wildman–Crippen MR) is 161 cm³/mol. The van der Waals surface area contributed by atoms with Crippen LogP contribution in [0.2, 0.25) is 5.02 Å². The molecule has 0 atom stereocenters. The number of benzene rings is 3. The normalized spacial score (nSPS) is 10.9. The van der Waals surface area contributed by atoms with Crippen molar-refractivity contribution in [2.45, 2.75) is 33.2 Å². The van der Waals surface area contributed by atoms with Crippen molar-refractivity contribution in [2.75, 3.05) is 13.2 Å². The molecule has 4 aromatic rings. The van der Waals surface area contributed by atoms with Gasteiger partial charge in [-0.25, -0.2) is 4.68 Å². The van der Waals surface area contributed by atoms with Gasteiger partial charge >= 0.3 is 5.97 Å². The lowest BCUT2D eigenvalue weighted by atomic mass is 10.1. The lowest BCUT2D eigenvalue weighted by Gasteiger charge is -2.21. The number of amides is 1. The second-order valence-electron chi connectivity index (χ2n) is 9.70. The van der Waals surface area contributed by atoms with E-state index in [0.717, 1.165) is 26.2 Å². The highest BCUT2D eigenvalue weighted by molar-refractivity contribution is 9.10. The number of nitro groups is 1. The van der Waals surface area contributed by atoms with Crippen LogP contribution in [-0.2, 0) is 17.8 Å². The van der Waals surface area contributed by atoms with Crippen molar-refractivity contribution in [3.8, 4) is 11.4 Å². The summed E-state index contributed by atoms with van der Waals surface area (Å²) in [6, 6.07) is 16.9. The van der Waals surface area contributed by atoms with E-state index in [9.17, 15) is 24.8 Å². The zero-order valence-corrected chi connectivity index (χ0v) is 25.3. The standard InChI is InChI=1S/C30H28BrClN4O6/c1-19-13-25(14-20(2)29(19)32)42-12-4-7-27-26(16-33-35(27)23-10-8-22(31)9-11-23)30(39)34(18-28(37)38)17-21-5-3-6-24(15-21)36(40)41/h3,5-6,8-11,13-16H,4,7,12,17-18H2,1-2H3,(H,37,38). The maximum atomic E-state index is 13.8. The molecule has 12 heteroatoms. The van der Waals surface area contributed by atoms with Gasteiger partial charge in [-0.15, -0.1) is 0 Å². The first kappa shape index (κ1) is 30.7. The van der Waals surface area contributed by atoms with Gasteiger partial charge in [0.1, 0.15) is 12.3 Å². The second-order valence-corrected chi connectivity index (χ2v) is 11.0. The fraction of sp³-hybridized carbons (Fsp3) is 0.233. The third-order valence-electron chi connectivity index (χ3n) is 6.52. The Hall–Kier alpha value is -4.22. The van der Waals surface area contributed by atoms with E-state index < -0.39 is 23.3 Å². The van der Waals surface area contributed by atoms with E-state index in [-0.39, 0.29) is 17.8 Å². The largest absolute Gasteiger partial charge is 0.494 e. The van der Waals surface area contributed by atoms with Crippen LogP contribution in [0.15, 0.2) is 71.3 Å². The van der Waals surface area contributed by atoms with E-state index in [1.165, 1.54) is 24.4 Å². The van der Waals surface area contributed by atoms with E-state index in [0.29, 0.717) is 41.5 Å². The molecule has 1 N–H and O–H groups in total. The summed E-state index contributed by atoms with van der Waals surface area (Å²) in [5.74, 6) is -1.07. The molecule has 4 rings (SSSR count). The summed E-state index contributed by atoms with van der Waals surface area (Å²) in [7, 11) is 0. The van der Waals surface area contributed by atoms with Gasteiger partial charge in [0.25, 0.3) is 11.6 Å². The van der Waals surface area contributed by atoms with Crippen LogP contribution >= 0.6 is 27.5 Å². The van der Waals surface area contributed by atoms with Gasteiger partial charge < -0.3 is 14.7 Å². The number of nitrogens with zero attached hydrogens (tertiary/aromatic N) is 4. The number of nitro benzene ring substituents is 1. The first-order valence-electron chi connectivity index (χ1n) is 13.0. The Morgan fingerprint density at radius 3 is 2.45 bits per heavy atom. The number of aliphatic carboxylic acids is 1. The highest BCUT2D eigenvalue weighted by Gasteiger charge is 2.25. The number of carbonyl (C=O) groups excluding carboxylic acids is 1. The van der Waals surface area contributed by atoms with Gasteiger partial charge in [-0.3, -0.25) is 19.7 Å². The van der Waals surface area contributed by atoms with Gasteiger partial charge in [0, 0.05) is 28.2 Å².